The Labute approximate surface area is 169 Å². The molecule has 0 aliphatic carbocycles. The summed E-state index contributed by atoms with van der Waals surface area (Å²) in [5.41, 5.74) is 2.20. The number of rotatable bonds is 7. The van der Waals surface area contributed by atoms with Crippen molar-refractivity contribution in [1.29, 1.82) is 0 Å². The molecule has 0 spiro atoms. The molecule has 0 unspecified atom stereocenters. The zero-order valence-corrected chi connectivity index (χ0v) is 16.2. The van der Waals surface area contributed by atoms with Gasteiger partial charge >= 0.3 is 0 Å². The Bertz CT molecular complexity index is 1070. The van der Waals surface area contributed by atoms with Crippen molar-refractivity contribution in [3.63, 3.8) is 0 Å². The largest absolute Gasteiger partial charge is 0.355 e. The van der Waals surface area contributed by atoms with Crippen LogP contribution in [0.3, 0.4) is 0 Å². The molecule has 4 rings (SSSR count). The number of aryl methyl sites for hydroxylation is 2. The maximum atomic E-state index is 12.8. The molecule has 0 fully saturated rings. The molecule has 0 saturated heterocycles. The molecular weight excluding hydrogens is 364 g/mol. The van der Waals surface area contributed by atoms with E-state index >= 15 is 0 Å². The summed E-state index contributed by atoms with van der Waals surface area (Å²) >= 11 is 0. The van der Waals surface area contributed by atoms with Crippen LogP contribution in [0.5, 0.6) is 0 Å². The first kappa shape index (κ1) is 18.7. The van der Waals surface area contributed by atoms with Crippen LogP contribution in [0.1, 0.15) is 34.3 Å². The van der Waals surface area contributed by atoms with Gasteiger partial charge in [-0.15, -0.1) is 0 Å². The first-order chi connectivity index (χ1) is 14.2. The number of carbonyl (C=O) groups excluding carboxylic acids is 1. The predicted octanol–water partition coefficient (Wildman–Crippen LogP) is 4.41. The Morgan fingerprint density at radius 2 is 1.83 bits per heavy atom. The lowest BCUT2D eigenvalue weighted by atomic mass is 10.0. The summed E-state index contributed by atoms with van der Waals surface area (Å²) in [6.07, 6.45) is 4.46. The molecule has 1 atom stereocenters. The number of benzene rings is 2. The number of hydrogen-bond donors (Lipinski definition) is 1. The second kappa shape index (κ2) is 8.56. The molecule has 2 heterocycles. The minimum atomic E-state index is -0.257. The van der Waals surface area contributed by atoms with Crippen LogP contribution in [0.2, 0.25) is 0 Å². The van der Waals surface area contributed by atoms with Gasteiger partial charge in [-0.05, 0) is 18.9 Å². The molecule has 0 aliphatic rings. The number of carbonyl (C=O) groups is 1. The topological polar surface area (TPSA) is 73.0 Å². The third-order valence-electron chi connectivity index (χ3n) is 4.89. The Hall–Kier alpha value is -3.67. The van der Waals surface area contributed by atoms with Crippen molar-refractivity contribution < 1.29 is 9.32 Å². The molecular formula is C23H22N4O2. The molecule has 29 heavy (non-hydrogen) atoms. The minimum absolute atomic E-state index is 0.151. The smallest absolute Gasteiger partial charge is 0.273 e. The van der Waals surface area contributed by atoms with Crippen LogP contribution in [0.4, 0.5) is 0 Å². The zero-order chi connectivity index (χ0) is 20.1. The highest BCUT2D eigenvalue weighted by Crippen LogP contribution is 2.22. The van der Waals surface area contributed by atoms with Gasteiger partial charge in [0.2, 0.25) is 0 Å². The molecule has 6 heteroatoms. The van der Waals surface area contributed by atoms with Crippen LogP contribution in [0.15, 0.2) is 83.6 Å². The Morgan fingerprint density at radius 1 is 1.10 bits per heavy atom. The third kappa shape index (κ3) is 4.43. The van der Waals surface area contributed by atoms with E-state index < -0.39 is 0 Å². The number of amides is 1. The van der Waals surface area contributed by atoms with E-state index in [0.717, 1.165) is 29.9 Å². The summed E-state index contributed by atoms with van der Waals surface area (Å²) in [7, 11) is 0. The summed E-state index contributed by atoms with van der Waals surface area (Å²) in [5, 5.41) is 7.06. The van der Waals surface area contributed by atoms with Crippen molar-refractivity contribution in [2.24, 2.45) is 0 Å². The van der Waals surface area contributed by atoms with Crippen LogP contribution in [-0.2, 0) is 6.54 Å². The molecule has 0 bridgehead atoms. The van der Waals surface area contributed by atoms with Crippen molar-refractivity contribution in [1.82, 2.24) is 20.0 Å². The normalized spacial score (nSPS) is 11.9. The number of aromatic nitrogens is 3. The second-order valence-electron chi connectivity index (χ2n) is 6.84. The number of nitrogens with one attached hydrogen (secondary N) is 1. The SMILES string of the molecule is Cc1nccn1CC[C@@H](NC(=O)c1cc(-c2ccccc2)on1)c1ccccc1. The lowest BCUT2D eigenvalue weighted by Crippen LogP contribution is -2.29. The molecule has 0 radical (unpaired) electrons. The fourth-order valence-corrected chi connectivity index (χ4v) is 3.27. The quantitative estimate of drug-likeness (QED) is 0.511. The van der Waals surface area contributed by atoms with Crippen LogP contribution >= 0.6 is 0 Å². The number of imidazole rings is 1. The second-order valence-corrected chi connectivity index (χ2v) is 6.84. The van der Waals surface area contributed by atoms with Gasteiger partial charge in [-0.25, -0.2) is 4.98 Å². The van der Waals surface area contributed by atoms with Gasteiger partial charge in [0.15, 0.2) is 11.5 Å². The van der Waals surface area contributed by atoms with Gasteiger partial charge < -0.3 is 14.4 Å². The van der Waals surface area contributed by atoms with Gasteiger partial charge in [-0.1, -0.05) is 65.8 Å². The summed E-state index contributed by atoms with van der Waals surface area (Å²) in [4.78, 5) is 17.1. The predicted molar refractivity (Wildman–Crippen MR) is 110 cm³/mol. The Kier molecular flexibility index (Phi) is 5.52. The molecule has 146 valence electrons. The average molecular weight is 386 g/mol. The number of hydrogen-bond acceptors (Lipinski definition) is 4. The highest BCUT2D eigenvalue weighted by Gasteiger charge is 2.19. The highest BCUT2D eigenvalue weighted by atomic mass is 16.5. The third-order valence-corrected chi connectivity index (χ3v) is 4.89. The summed E-state index contributed by atoms with van der Waals surface area (Å²) in [6.45, 7) is 2.72. The van der Waals surface area contributed by atoms with E-state index in [0.29, 0.717) is 5.76 Å². The molecule has 1 N–H and O–H groups in total. The van der Waals surface area contributed by atoms with E-state index in [-0.39, 0.29) is 17.6 Å². The van der Waals surface area contributed by atoms with E-state index in [1.165, 1.54) is 0 Å². The first-order valence-electron chi connectivity index (χ1n) is 9.56. The maximum Gasteiger partial charge on any atom is 0.273 e. The van der Waals surface area contributed by atoms with Crippen LogP contribution < -0.4 is 5.32 Å². The Balaban J connectivity index is 1.50. The van der Waals surface area contributed by atoms with Gasteiger partial charge in [0.25, 0.3) is 5.91 Å². The highest BCUT2D eigenvalue weighted by molar-refractivity contribution is 5.93. The average Bonchev–Trinajstić information content (AvgIpc) is 3.42. The molecule has 0 aliphatic heterocycles. The van der Waals surface area contributed by atoms with Crippen molar-refractivity contribution in [2.45, 2.75) is 25.9 Å². The van der Waals surface area contributed by atoms with Gasteiger partial charge in [0, 0.05) is 30.6 Å². The van der Waals surface area contributed by atoms with Crippen LogP contribution in [-0.4, -0.2) is 20.6 Å². The van der Waals surface area contributed by atoms with Crippen molar-refractivity contribution in [3.8, 4) is 11.3 Å². The first-order valence-corrected chi connectivity index (χ1v) is 9.56. The molecule has 2 aromatic heterocycles. The summed E-state index contributed by atoms with van der Waals surface area (Å²) in [5.74, 6) is 1.26. The van der Waals surface area contributed by atoms with Gasteiger partial charge in [0.05, 0.1) is 6.04 Å². The van der Waals surface area contributed by atoms with Gasteiger partial charge in [0.1, 0.15) is 5.82 Å². The standard InChI is InChI=1S/C23H22N4O2/c1-17-24-13-15-27(17)14-12-20(18-8-4-2-5-9-18)25-23(28)21-16-22(29-26-21)19-10-6-3-7-11-19/h2-11,13,15-16,20H,12,14H2,1H3,(H,25,28)/t20-/m1/s1. The van der Waals surface area contributed by atoms with Crippen molar-refractivity contribution in [2.75, 3.05) is 0 Å². The monoisotopic (exact) mass is 386 g/mol. The van der Waals surface area contributed by atoms with E-state index in [4.69, 9.17) is 4.52 Å². The Morgan fingerprint density at radius 3 is 2.52 bits per heavy atom. The summed E-state index contributed by atoms with van der Waals surface area (Å²) in [6, 6.07) is 21.1. The zero-order valence-electron chi connectivity index (χ0n) is 16.2. The van der Waals surface area contributed by atoms with E-state index in [9.17, 15) is 4.79 Å². The molecule has 2 aromatic carbocycles. The van der Waals surface area contributed by atoms with Gasteiger partial charge in [-0.3, -0.25) is 4.79 Å². The molecule has 6 nitrogen and oxygen atoms in total. The van der Waals surface area contributed by atoms with E-state index in [1.54, 1.807) is 12.3 Å². The van der Waals surface area contributed by atoms with Crippen molar-refractivity contribution >= 4 is 5.91 Å². The maximum absolute atomic E-state index is 12.8. The van der Waals surface area contributed by atoms with Crippen LogP contribution in [0, 0.1) is 6.92 Å². The van der Waals surface area contributed by atoms with Crippen molar-refractivity contribution in [3.05, 3.63) is 96.2 Å². The fraction of sp³-hybridized carbons (Fsp3) is 0.174. The fourth-order valence-electron chi connectivity index (χ4n) is 3.27. The lowest BCUT2D eigenvalue weighted by Gasteiger charge is -2.19. The van der Waals surface area contributed by atoms with Gasteiger partial charge in [-0.2, -0.15) is 0 Å². The lowest BCUT2D eigenvalue weighted by molar-refractivity contribution is 0.0924. The van der Waals surface area contributed by atoms with E-state index in [2.05, 4.69) is 20.0 Å². The van der Waals surface area contributed by atoms with E-state index in [1.807, 2.05) is 73.8 Å². The summed E-state index contributed by atoms with van der Waals surface area (Å²) < 4.78 is 7.45. The molecule has 1 amide bonds. The molecule has 0 saturated carbocycles. The minimum Gasteiger partial charge on any atom is -0.355 e. The number of nitrogens with zero attached hydrogens (tertiary/aromatic N) is 3. The molecule has 4 aromatic rings. The van der Waals surface area contributed by atoms with Crippen LogP contribution in [0.25, 0.3) is 11.3 Å².